The summed E-state index contributed by atoms with van der Waals surface area (Å²) in [5.74, 6) is -0.0443. The fourth-order valence-corrected chi connectivity index (χ4v) is 2.03. The molecule has 0 spiro atoms. The van der Waals surface area contributed by atoms with Crippen LogP contribution < -0.4 is 10.6 Å². The van der Waals surface area contributed by atoms with E-state index in [0.717, 1.165) is 25.7 Å². The van der Waals surface area contributed by atoms with Gasteiger partial charge < -0.3 is 10.6 Å². The number of nitrogens with zero attached hydrogens (tertiary/aromatic N) is 1. The molecule has 94 valence electrons. The van der Waals surface area contributed by atoms with Crippen molar-refractivity contribution in [1.29, 1.82) is 5.26 Å². The Morgan fingerprint density at radius 1 is 1.12 bits per heavy atom. The van der Waals surface area contributed by atoms with Gasteiger partial charge in [-0.05, 0) is 12.8 Å². The smallest absolute Gasteiger partial charge is 0.234 e. The quantitative estimate of drug-likeness (QED) is 0.691. The van der Waals surface area contributed by atoms with Crippen molar-refractivity contribution < 1.29 is 9.59 Å². The Kier molecular flexibility index (Phi) is 6.08. The summed E-state index contributed by atoms with van der Waals surface area (Å²) in [6.45, 7) is 0.825. The molecule has 0 aromatic heterocycles. The molecule has 0 heterocycles. The molecule has 5 nitrogen and oxygen atoms in total. The molecule has 0 atom stereocenters. The Morgan fingerprint density at radius 2 is 1.76 bits per heavy atom. The summed E-state index contributed by atoms with van der Waals surface area (Å²) in [4.78, 5) is 22.6. The van der Waals surface area contributed by atoms with Gasteiger partial charge in [0.15, 0.2) is 0 Å². The average molecular weight is 237 g/mol. The lowest BCUT2D eigenvalue weighted by molar-refractivity contribution is -0.126. The minimum absolute atomic E-state index is 0.0965. The third-order valence-electron chi connectivity index (χ3n) is 2.96. The Hall–Kier alpha value is -1.57. The topological polar surface area (TPSA) is 82.0 Å². The van der Waals surface area contributed by atoms with Crippen LogP contribution >= 0.6 is 0 Å². The highest BCUT2D eigenvalue weighted by Gasteiger charge is 2.20. The summed E-state index contributed by atoms with van der Waals surface area (Å²) in [6.07, 6.45) is 5.33. The molecule has 1 saturated carbocycles. The van der Waals surface area contributed by atoms with Crippen LogP contribution in [-0.4, -0.2) is 24.9 Å². The predicted octanol–water partition coefficient (Wildman–Crippen LogP) is 0.713. The molecule has 0 aromatic carbocycles. The van der Waals surface area contributed by atoms with Crippen molar-refractivity contribution in [3.05, 3.63) is 0 Å². The van der Waals surface area contributed by atoms with Crippen molar-refractivity contribution in [1.82, 2.24) is 10.6 Å². The molecule has 5 heteroatoms. The van der Waals surface area contributed by atoms with Gasteiger partial charge in [0, 0.05) is 19.0 Å². The fraction of sp³-hybridized carbons (Fsp3) is 0.750. The molecular formula is C12H19N3O2. The van der Waals surface area contributed by atoms with Crippen LogP contribution in [0.4, 0.5) is 0 Å². The second-order valence-corrected chi connectivity index (χ2v) is 4.31. The van der Waals surface area contributed by atoms with Gasteiger partial charge in [0.05, 0.1) is 6.07 Å². The minimum atomic E-state index is -0.292. The number of hydrogen-bond donors (Lipinski definition) is 2. The molecule has 2 N–H and O–H groups in total. The maximum absolute atomic E-state index is 11.7. The molecule has 0 radical (unpaired) electrons. The van der Waals surface area contributed by atoms with Gasteiger partial charge in [-0.15, -0.1) is 0 Å². The fourth-order valence-electron chi connectivity index (χ4n) is 2.03. The van der Waals surface area contributed by atoms with Gasteiger partial charge in [0.25, 0.3) is 0 Å². The van der Waals surface area contributed by atoms with Crippen molar-refractivity contribution in [2.45, 2.75) is 38.5 Å². The maximum atomic E-state index is 11.7. The largest absolute Gasteiger partial charge is 0.354 e. The molecule has 0 aromatic rings. The Morgan fingerprint density at radius 3 is 2.41 bits per heavy atom. The first kappa shape index (κ1) is 13.5. The first-order valence-electron chi connectivity index (χ1n) is 6.15. The van der Waals surface area contributed by atoms with Gasteiger partial charge in [0.2, 0.25) is 11.8 Å². The SMILES string of the molecule is N#CCC(=O)NCCNC(=O)C1CCCCC1. The lowest BCUT2D eigenvalue weighted by Crippen LogP contribution is -2.38. The van der Waals surface area contributed by atoms with E-state index < -0.39 is 0 Å². The number of amides is 2. The zero-order valence-corrected chi connectivity index (χ0v) is 10.00. The van der Waals surface area contributed by atoms with Gasteiger partial charge in [0.1, 0.15) is 6.42 Å². The van der Waals surface area contributed by atoms with E-state index in [1.807, 2.05) is 0 Å². The van der Waals surface area contributed by atoms with Crippen LogP contribution in [0.3, 0.4) is 0 Å². The molecule has 17 heavy (non-hydrogen) atoms. The second-order valence-electron chi connectivity index (χ2n) is 4.31. The first-order valence-corrected chi connectivity index (χ1v) is 6.15. The number of hydrogen-bond acceptors (Lipinski definition) is 3. The van der Waals surface area contributed by atoms with E-state index in [-0.39, 0.29) is 24.2 Å². The molecule has 0 saturated heterocycles. The number of rotatable bonds is 5. The Labute approximate surface area is 102 Å². The highest BCUT2D eigenvalue weighted by molar-refractivity contribution is 5.79. The van der Waals surface area contributed by atoms with Crippen LogP contribution in [0.15, 0.2) is 0 Å². The Bertz CT molecular complexity index is 303. The van der Waals surface area contributed by atoms with Crippen LogP contribution in [0, 0.1) is 17.2 Å². The zero-order chi connectivity index (χ0) is 12.5. The van der Waals surface area contributed by atoms with E-state index in [1.54, 1.807) is 6.07 Å². The number of carbonyl (C=O) groups excluding carboxylic acids is 2. The minimum Gasteiger partial charge on any atom is -0.354 e. The monoisotopic (exact) mass is 237 g/mol. The third kappa shape index (κ3) is 5.34. The maximum Gasteiger partial charge on any atom is 0.234 e. The second kappa shape index (κ2) is 7.66. The molecule has 1 fully saturated rings. The zero-order valence-electron chi connectivity index (χ0n) is 10.00. The molecule has 1 aliphatic rings. The third-order valence-corrected chi connectivity index (χ3v) is 2.96. The summed E-state index contributed by atoms with van der Waals surface area (Å²) < 4.78 is 0. The highest BCUT2D eigenvalue weighted by Crippen LogP contribution is 2.23. The molecule has 0 aliphatic heterocycles. The van der Waals surface area contributed by atoms with E-state index >= 15 is 0 Å². The van der Waals surface area contributed by atoms with Crippen LogP contribution in [0.5, 0.6) is 0 Å². The molecular weight excluding hydrogens is 218 g/mol. The summed E-state index contributed by atoms with van der Waals surface area (Å²) in [5, 5.41) is 13.7. The molecule has 1 aliphatic carbocycles. The standard InChI is InChI=1S/C12H19N3O2/c13-7-6-11(16)14-8-9-15-12(17)10-4-2-1-3-5-10/h10H,1-6,8-9H2,(H,14,16)(H,15,17). The van der Waals surface area contributed by atoms with E-state index in [9.17, 15) is 9.59 Å². The van der Waals surface area contributed by atoms with Gasteiger partial charge >= 0.3 is 0 Å². The molecule has 1 rings (SSSR count). The van der Waals surface area contributed by atoms with Crippen molar-refractivity contribution in [2.24, 2.45) is 5.92 Å². The normalized spacial score (nSPS) is 15.9. The number of nitrogens with one attached hydrogen (secondary N) is 2. The molecule has 0 unspecified atom stereocenters. The predicted molar refractivity (Wildman–Crippen MR) is 62.8 cm³/mol. The van der Waals surface area contributed by atoms with Crippen molar-refractivity contribution in [3.8, 4) is 6.07 Å². The van der Waals surface area contributed by atoms with Gasteiger partial charge in [-0.25, -0.2) is 0 Å². The van der Waals surface area contributed by atoms with Gasteiger partial charge in [-0.2, -0.15) is 5.26 Å². The molecule has 2 amide bonds. The van der Waals surface area contributed by atoms with Crippen molar-refractivity contribution in [3.63, 3.8) is 0 Å². The van der Waals surface area contributed by atoms with Crippen LogP contribution in [0.2, 0.25) is 0 Å². The van der Waals surface area contributed by atoms with Crippen LogP contribution in [0.1, 0.15) is 38.5 Å². The number of carbonyl (C=O) groups is 2. The summed E-state index contributed by atoms with van der Waals surface area (Å²) in [6, 6.07) is 1.77. The lowest BCUT2D eigenvalue weighted by Gasteiger charge is -2.20. The summed E-state index contributed by atoms with van der Waals surface area (Å²) in [7, 11) is 0. The van der Waals surface area contributed by atoms with Crippen molar-refractivity contribution >= 4 is 11.8 Å². The van der Waals surface area contributed by atoms with Crippen LogP contribution in [0.25, 0.3) is 0 Å². The van der Waals surface area contributed by atoms with E-state index in [4.69, 9.17) is 5.26 Å². The van der Waals surface area contributed by atoms with Crippen LogP contribution in [-0.2, 0) is 9.59 Å². The Balaban J connectivity index is 2.07. The summed E-state index contributed by atoms with van der Waals surface area (Å²) >= 11 is 0. The van der Waals surface area contributed by atoms with E-state index in [0.29, 0.717) is 13.1 Å². The van der Waals surface area contributed by atoms with Gasteiger partial charge in [-0.1, -0.05) is 19.3 Å². The lowest BCUT2D eigenvalue weighted by atomic mass is 9.89. The van der Waals surface area contributed by atoms with Crippen molar-refractivity contribution in [2.75, 3.05) is 13.1 Å². The van der Waals surface area contributed by atoms with Gasteiger partial charge in [-0.3, -0.25) is 9.59 Å². The summed E-state index contributed by atoms with van der Waals surface area (Å²) in [5.41, 5.74) is 0. The van der Waals surface area contributed by atoms with E-state index in [2.05, 4.69) is 10.6 Å². The molecule has 0 bridgehead atoms. The van der Waals surface area contributed by atoms with E-state index in [1.165, 1.54) is 6.42 Å². The average Bonchev–Trinajstić information content (AvgIpc) is 2.36. The number of nitriles is 1. The first-order chi connectivity index (χ1) is 8.24. The highest BCUT2D eigenvalue weighted by atomic mass is 16.2.